The first kappa shape index (κ1) is 12.3. The van der Waals surface area contributed by atoms with Crippen LogP contribution in [0.3, 0.4) is 0 Å². The summed E-state index contributed by atoms with van der Waals surface area (Å²) in [6, 6.07) is 0. The molecule has 1 unspecified atom stereocenters. The third-order valence-electron chi connectivity index (χ3n) is 2.12. The normalized spacial score (nSPS) is 15.7. The van der Waals surface area contributed by atoms with Crippen LogP contribution in [0.4, 0.5) is 0 Å². The Morgan fingerprint density at radius 3 is 2.62 bits per heavy atom. The van der Waals surface area contributed by atoms with Gasteiger partial charge in [-0.25, -0.2) is 0 Å². The monoisotopic (exact) mass is 204 g/mol. The van der Waals surface area contributed by atoms with E-state index in [-0.39, 0.29) is 5.91 Å². The molecular formula is C8H16N2O2S. The molecule has 13 heavy (non-hydrogen) atoms. The SMILES string of the molecule is CCC(C)(SC)C(=O)N(C)C=NO. The van der Waals surface area contributed by atoms with E-state index in [1.165, 1.54) is 16.7 Å². The van der Waals surface area contributed by atoms with E-state index < -0.39 is 4.75 Å². The lowest BCUT2D eigenvalue weighted by Crippen LogP contribution is -2.41. The summed E-state index contributed by atoms with van der Waals surface area (Å²) in [5.74, 6) is -0.0553. The lowest BCUT2D eigenvalue weighted by molar-refractivity contribution is -0.128. The quantitative estimate of drug-likeness (QED) is 0.326. The molecule has 1 N–H and O–H groups in total. The van der Waals surface area contributed by atoms with E-state index in [4.69, 9.17) is 5.21 Å². The minimum absolute atomic E-state index is 0.0553. The lowest BCUT2D eigenvalue weighted by atomic mass is 10.1. The van der Waals surface area contributed by atoms with Crippen molar-refractivity contribution in [1.29, 1.82) is 0 Å². The number of carbonyl (C=O) groups is 1. The zero-order valence-electron chi connectivity index (χ0n) is 8.44. The Bertz CT molecular complexity index is 202. The topological polar surface area (TPSA) is 52.9 Å². The molecule has 76 valence electrons. The molecule has 0 saturated heterocycles. The summed E-state index contributed by atoms with van der Waals surface area (Å²) in [6.45, 7) is 3.83. The zero-order chi connectivity index (χ0) is 10.5. The molecule has 1 amide bonds. The van der Waals surface area contributed by atoms with Gasteiger partial charge in [-0.1, -0.05) is 12.1 Å². The summed E-state index contributed by atoms with van der Waals surface area (Å²) in [4.78, 5) is 13.0. The van der Waals surface area contributed by atoms with E-state index in [9.17, 15) is 4.79 Å². The predicted molar refractivity (Wildman–Crippen MR) is 55.3 cm³/mol. The van der Waals surface area contributed by atoms with Crippen LogP contribution in [0, 0.1) is 0 Å². The van der Waals surface area contributed by atoms with E-state index in [1.54, 1.807) is 7.05 Å². The van der Waals surface area contributed by atoms with Crippen LogP contribution in [0.5, 0.6) is 0 Å². The van der Waals surface area contributed by atoms with Crippen molar-refractivity contribution in [2.75, 3.05) is 13.3 Å². The number of carbonyl (C=O) groups excluding carboxylic acids is 1. The van der Waals surface area contributed by atoms with Crippen LogP contribution in [0.1, 0.15) is 20.3 Å². The maximum atomic E-state index is 11.7. The molecular weight excluding hydrogens is 188 g/mol. The van der Waals surface area contributed by atoms with Crippen molar-refractivity contribution < 1.29 is 10.0 Å². The minimum atomic E-state index is -0.435. The third kappa shape index (κ3) is 2.91. The molecule has 0 radical (unpaired) electrons. The van der Waals surface area contributed by atoms with Crippen molar-refractivity contribution in [3.05, 3.63) is 0 Å². The fraction of sp³-hybridized carbons (Fsp3) is 0.750. The van der Waals surface area contributed by atoms with Gasteiger partial charge in [0.05, 0.1) is 4.75 Å². The molecule has 5 heteroatoms. The predicted octanol–water partition coefficient (Wildman–Crippen LogP) is 1.39. The molecule has 0 aromatic rings. The lowest BCUT2D eigenvalue weighted by Gasteiger charge is -2.27. The number of hydrogen-bond acceptors (Lipinski definition) is 4. The molecule has 0 aliphatic carbocycles. The van der Waals surface area contributed by atoms with Crippen molar-refractivity contribution in [3.63, 3.8) is 0 Å². The number of thioether (sulfide) groups is 1. The van der Waals surface area contributed by atoms with E-state index in [1.807, 2.05) is 20.1 Å². The summed E-state index contributed by atoms with van der Waals surface area (Å²) >= 11 is 1.50. The third-order valence-corrected chi connectivity index (χ3v) is 3.49. The van der Waals surface area contributed by atoms with Crippen molar-refractivity contribution in [2.45, 2.75) is 25.0 Å². The Balaban J connectivity index is 4.55. The highest BCUT2D eigenvalue weighted by Crippen LogP contribution is 2.27. The summed E-state index contributed by atoms with van der Waals surface area (Å²) in [5.41, 5.74) is 0. The Hall–Kier alpha value is -0.710. The summed E-state index contributed by atoms with van der Waals surface area (Å²) in [7, 11) is 1.58. The number of rotatable bonds is 4. The molecule has 0 aromatic heterocycles. The van der Waals surface area contributed by atoms with Gasteiger partial charge in [0.25, 0.3) is 0 Å². The fourth-order valence-corrected chi connectivity index (χ4v) is 1.49. The first-order chi connectivity index (χ1) is 6.01. The molecule has 0 heterocycles. The highest BCUT2D eigenvalue weighted by Gasteiger charge is 2.32. The minimum Gasteiger partial charge on any atom is -0.410 e. The fourth-order valence-electron chi connectivity index (χ4n) is 0.886. The molecule has 1 atom stereocenters. The van der Waals surface area contributed by atoms with Crippen LogP contribution in [-0.2, 0) is 4.79 Å². The molecule has 0 aromatic carbocycles. The van der Waals surface area contributed by atoms with Crippen molar-refractivity contribution in [3.8, 4) is 0 Å². The number of amides is 1. The van der Waals surface area contributed by atoms with Crippen LogP contribution in [0.15, 0.2) is 5.16 Å². The first-order valence-electron chi connectivity index (χ1n) is 4.01. The summed E-state index contributed by atoms with van der Waals surface area (Å²) in [5, 5.41) is 11.1. The largest absolute Gasteiger partial charge is 0.410 e. The molecule has 0 aliphatic rings. The first-order valence-corrected chi connectivity index (χ1v) is 5.24. The van der Waals surface area contributed by atoms with Gasteiger partial charge >= 0.3 is 0 Å². The van der Waals surface area contributed by atoms with E-state index >= 15 is 0 Å². The van der Waals surface area contributed by atoms with Gasteiger partial charge in [-0.05, 0) is 19.6 Å². The molecule has 0 fully saturated rings. The van der Waals surface area contributed by atoms with E-state index in [0.29, 0.717) is 0 Å². The Morgan fingerprint density at radius 2 is 2.31 bits per heavy atom. The van der Waals surface area contributed by atoms with Gasteiger partial charge in [-0.2, -0.15) is 0 Å². The summed E-state index contributed by atoms with van der Waals surface area (Å²) < 4.78 is -0.435. The van der Waals surface area contributed by atoms with Crippen LogP contribution < -0.4 is 0 Å². The number of oxime groups is 1. The maximum absolute atomic E-state index is 11.7. The van der Waals surface area contributed by atoms with Gasteiger partial charge in [0.15, 0.2) is 0 Å². The van der Waals surface area contributed by atoms with Crippen LogP contribution >= 0.6 is 11.8 Å². The van der Waals surface area contributed by atoms with Gasteiger partial charge in [-0.3, -0.25) is 4.79 Å². The average molecular weight is 204 g/mol. The van der Waals surface area contributed by atoms with E-state index in [0.717, 1.165) is 12.8 Å². The Morgan fingerprint density at radius 1 is 1.77 bits per heavy atom. The summed E-state index contributed by atoms with van der Waals surface area (Å²) in [6.07, 6.45) is 3.74. The molecule has 4 nitrogen and oxygen atoms in total. The van der Waals surface area contributed by atoms with Gasteiger partial charge in [0.2, 0.25) is 5.91 Å². The average Bonchev–Trinajstić information content (AvgIpc) is 2.16. The number of hydrogen-bond donors (Lipinski definition) is 1. The second kappa shape index (κ2) is 5.11. The molecule has 0 bridgehead atoms. The van der Waals surface area contributed by atoms with Crippen LogP contribution in [-0.4, -0.2) is 40.4 Å². The second-order valence-corrected chi connectivity index (χ2v) is 4.24. The molecule has 0 saturated carbocycles. The van der Waals surface area contributed by atoms with Crippen molar-refractivity contribution in [2.24, 2.45) is 5.16 Å². The molecule has 0 rings (SSSR count). The van der Waals surface area contributed by atoms with Gasteiger partial charge in [-0.15, -0.1) is 11.8 Å². The van der Waals surface area contributed by atoms with Crippen molar-refractivity contribution >= 4 is 24.0 Å². The number of nitrogens with zero attached hydrogens (tertiary/aromatic N) is 2. The van der Waals surface area contributed by atoms with Crippen LogP contribution in [0.2, 0.25) is 0 Å². The van der Waals surface area contributed by atoms with Crippen LogP contribution in [0.25, 0.3) is 0 Å². The molecule has 0 spiro atoms. The Kier molecular flexibility index (Phi) is 4.83. The second-order valence-electron chi connectivity index (χ2n) is 2.94. The standard InChI is InChI=1S/C8H16N2O2S/c1-5-8(2,13-4)7(11)10(3)6-9-12/h6,12H,5H2,1-4H3. The zero-order valence-corrected chi connectivity index (χ0v) is 9.26. The van der Waals surface area contributed by atoms with Gasteiger partial charge in [0, 0.05) is 7.05 Å². The highest BCUT2D eigenvalue weighted by atomic mass is 32.2. The highest BCUT2D eigenvalue weighted by molar-refractivity contribution is 8.00. The van der Waals surface area contributed by atoms with Gasteiger partial charge in [0.1, 0.15) is 6.34 Å². The van der Waals surface area contributed by atoms with Crippen molar-refractivity contribution in [1.82, 2.24) is 4.90 Å². The smallest absolute Gasteiger partial charge is 0.243 e. The van der Waals surface area contributed by atoms with E-state index in [2.05, 4.69) is 5.16 Å². The Labute approximate surface area is 83.0 Å². The van der Waals surface area contributed by atoms with Gasteiger partial charge < -0.3 is 10.1 Å². The maximum Gasteiger partial charge on any atom is 0.243 e. The molecule has 0 aliphatic heterocycles.